The molecule has 0 heterocycles. The molecule has 0 unspecified atom stereocenters. The second kappa shape index (κ2) is 12.0. The topological polar surface area (TPSA) is 66.9 Å². The fourth-order valence-corrected chi connectivity index (χ4v) is 5.47. The number of amides is 1. The molecule has 0 aromatic heterocycles. The smallest absolute Gasteiger partial charge is 0.264 e. The minimum atomic E-state index is -4.10. The Hall–Kier alpha value is -3.81. The SMILES string of the molecule is COc1ccc(S(=O)(=O)N(CC(=O)N(Cc2ccccc2)Cc2ccccc2)c2cccc(Cl)c2)cc1. The highest BCUT2D eigenvalue weighted by Crippen LogP contribution is 2.27. The molecule has 37 heavy (non-hydrogen) atoms. The fraction of sp³-hybridized carbons (Fsp3) is 0.138. The number of carbonyl (C=O) groups is 1. The average molecular weight is 535 g/mol. The fourth-order valence-electron chi connectivity index (χ4n) is 3.88. The summed E-state index contributed by atoms with van der Waals surface area (Å²) in [5.74, 6) is 0.186. The molecular formula is C29H27ClN2O4S. The highest BCUT2D eigenvalue weighted by atomic mass is 35.5. The van der Waals surface area contributed by atoms with Gasteiger partial charge in [0.05, 0.1) is 17.7 Å². The van der Waals surface area contributed by atoms with Crippen molar-refractivity contribution in [2.24, 2.45) is 0 Å². The number of ether oxygens (including phenoxy) is 1. The lowest BCUT2D eigenvalue weighted by atomic mass is 10.1. The predicted octanol–water partition coefficient (Wildman–Crippen LogP) is 5.77. The second-order valence-electron chi connectivity index (χ2n) is 8.39. The summed E-state index contributed by atoms with van der Waals surface area (Å²) < 4.78 is 33.8. The maximum atomic E-state index is 13.8. The molecular weight excluding hydrogens is 508 g/mol. The number of carbonyl (C=O) groups excluding carboxylic acids is 1. The van der Waals surface area contributed by atoms with Gasteiger partial charge in [-0.3, -0.25) is 9.10 Å². The Kier molecular flexibility index (Phi) is 8.48. The summed E-state index contributed by atoms with van der Waals surface area (Å²) in [6.45, 7) is 0.273. The van der Waals surface area contributed by atoms with E-state index in [4.69, 9.17) is 16.3 Å². The van der Waals surface area contributed by atoms with Crippen LogP contribution in [0, 0.1) is 0 Å². The quantitative estimate of drug-likeness (QED) is 0.259. The minimum absolute atomic E-state index is 0.0405. The third-order valence-electron chi connectivity index (χ3n) is 5.81. The number of hydrogen-bond acceptors (Lipinski definition) is 4. The van der Waals surface area contributed by atoms with E-state index in [2.05, 4.69) is 0 Å². The maximum Gasteiger partial charge on any atom is 0.264 e. The zero-order valence-electron chi connectivity index (χ0n) is 20.3. The van der Waals surface area contributed by atoms with Crippen molar-refractivity contribution in [2.75, 3.05) is 18.0 Å². The van der Waals surface area contributed by atoms with Gasteiger partial charge in [-0.15, -0.1) is 0 Å². The Labute approximate surface area is 222 Å². The van der Waals surface area contributed by atoms with Crippen molar-refractivity contribution < 1.29 is 17.9 Å². The first kappa shape index (κ1) is 26.3. The molecule has 0 spiro atoms. The summed E-state index contributed by atoms with van der Waals surface area (Å²) in [7, 11) is -2.59. The number of halogens is 1. The van der Waals surface area contributed by atoms with Crippen LogP contribution in [0.25, 0.3) is 0 Å². The molecule has 4 aromatic rings. The van der Waals surface area contributed by atoms with Gasteiger partial charge in [-0.05, 0) is 53.6 Å². The summed E-state index contributed by atoms with van der Waals surface area (Å²) in [4.78, 5) is 15.5. The van der Waals surface area contributed by atoms with Gasteiger partial charge in [0.1, 0.15) is 12.3 Å². The molecule has 0 fully saturated rings. The van der Waals surface area contributed by atoms with Crippen LogP contribution in [0.3, 0.4) is 0 Å². The van der Waals surface area contributed by atoms with Crippen LogP contribution in [0.15, 0.2) is 114 Å². The third-order valence-corrected chi connectivity index (χ3v) is 7.83. The van der Waals surface area contributed by atoms with E-state index in [-0.39, 0.29) is 10.8 Å². The molecule has 0 saturated heterocycles. The molecule has 0 bridgehead atoms. The van der Waals surface area contributed by atoms with Gasteiger partial charge in [-0.1, -0.05) is 78.3 Å². The highest BCUT2D eigenvalue weighted by Gasteiger charge is 2.29. The Bertz CT molecular complexity index is 1390. The summed E-state index contributed by atoms with van der Waals surface area (Å²) >= 11 is 6.20. The molecule has 0 radical (unpaired) electrons. The molecule has 8 heteroatoms. The highest BCUT2D eigenvalue weighted by molar-refractivity contribution is 7.92. The molecule has 0 aliphatic carbocycles. The Morgan fingerprint density at radius 3 is 1.86 bits per heavy atom. The molecule has 4 rings (SSSR count). The largest absolute Gasteiger partial charge is 0.497 e. The van der Waals surface area contributed by atoms with Crippen molar-refractivity contribution >= 4 is 33.2 Å². The number of methoxy groups -OCH3 is 1. The van der Waals surface area contributed by atoms with E-state index in [1.807, 2.05) is 60.7 Å². The van der Waals surface area contributed by atoms with E-state index >= 15 is 0 Å². The Morgan fingerprint density at radius 1 is 0.784 bits per heavy atom. The second-order valence-corrected chi connectivity index (χ2v) is 10.7. The van der Waals surface area contributed by atoms with Crippen LogP contribution in [-0.2, 0) is 27.9 Å². The average Bonchev–Trinajstić information content (AvgIpc) is 2.92. The maximum absolute atomic E-state index is 13.8. The van der Waals surface area contributed by atoms with Crippen LogP contribution in [0.1, 0.15) is 11.1 Å². The van der Waals surface area contributed by atoms with Gasteiger partial charge in [0, 0.05) is 18.1 Å². The molecule has 1 amide bonds. The number of anilines is 1. The van der Waals surface area contributed by atoms with E-state index < -0.39 is 16.6 Å². The number of nitrogens with zero attached hydrogens (tertiary/aromatic N) is 2. The summed E-state index contributed by atoms with van der Waals surface area (Å²) in [6.07, 6.45) is 0. The van der Waals surface area contributed by atoms with E-state index in [0.29, 0.717) is 29.5 Å². The van der Waals surface area contributed by atoms with Crippen molar-refractivity contribution in [3.8, 4) is 5.75 Å². The van der Waals surface area contributed by atoms with E-state index in [0.717, 1.165) is 15.4 Å². The number of benzene rings is 4. The number of hydrogen-bond donors (Lipinski definition) is 0. The predicted molar refractivity (Wildman–Crippen MR) is 146 cm³/mol. The Balaban J connectivity index is 1.69. The van der Waals surface area contributed by atoms with Crippen molar-refractivity contribution in [3.05, 3.63) is 125 Å². The molecule has 190 valence electrons. The molecule has 4 aromatic carbocycles. The summed E-state index contributed by atoms with van der Waals surface area (Å²) in [5, 5.41) is 0.366. The molecule has 0 saturated carbocycles. The van der Waals surface area contributed by atoms with Gasteiger partial charge < -0.3 is 9.64 Å². The van der Waals surface area contributed by atoms with Gasteiger partial charge in [0.25, 0.3) is 10.0 Å². The number of sulfonamides is 1. The van der Waals surface area contributed by atoms with E-state index in [1.165, 1.54) is 25.3 Å². The zero-order chi connectivity index (χ0) is 26.3. The first-order chi connectivity index (χ1) is 17.9. The van der Waals surface area contributed by atoms with Crippen molar-refractivity contribution in [1.29, 1.82) is 0 Å². The molecule has 0 atom stereocenters. The first-order valence-electron chi connectivity index (χ1n) is 11.6. The molecule has 6 nitrogen and oxygen atoms in total. The molecule has 0 aliphatic rings. The van der Waals surface area contributed by atoms with Crippen LogP contribution in [0.5, 0.6) is 5.75 Å². The monoisotopic (exact) mass is 534 g/mol. The summed E-state index contributed by atoms with van der Waals surface area (Å²) in [6, 6.07) is 31.8. The lowest BCUT2D eigenvalue weighted by Crippen LogP contribution is -2.42. The van der Waals surface area contributed by atoms with Crippen LogP contribution >= 0.6 is 11.6 Å². The summed E-state index contributed by atoms with van der Waals surface area (Å²) in [5.41, 5.74) is 2.19. The van der Waals surface area contributed by atoms with Crippen molar-refractivity contribution in [3.63, 3.8) is 0 Å². The van der Waals surface area contributed by atoms with Crippen LogP contribution in [0.4, 0.5) is 5.69 Å². The first-order valence-corrected chi connectivity index (χ1v) is 13.5. The van der Waals surface area contributed by atoms with Crippen LogP contribution < -0.4 is 9.04 Å². The van der Waals surface area contributed by atoms with Gasteiger partial charge in [0.15, 0.2) is 0 Å². The lowest BCUT2D eigenvalue weighted by Gasteiger charge is -2.29. The number of rotatable bonds is 10. The zero-order valence-corrected chi connectivity index (χ0v) is 21.9. The normalized spacial score (nSPS) is 11.1. The van der Waals surface area contributed by atoms with Crippen LogP contribution in [-0.4, -0.2) is 32.9 Å². The lowest BCUT2D eigenvalue weighted by molar-refractivity contribution is -0.130. The third kappa shape index (κ3) is 6.70. The molecule has 0 aliphatic heterocycles. The standard InChI is InChI=1S/C29H27ClN2O4S/c1-36-27-15-17-28(18-16-27)37(34,35)32(26-14-8-13-25(30)19-26)22-29(33)31(20-23-9-4-2-5-10-23)21-24-11-6-3-7-12-24/h2-19H,20-22H2,1H3. The van der Waals surface area contributed by atoms with Gasteiger partial charge >= 0.3 is 0 Å². The van der Waals surface area contributed by atoms with Gasteiger partial charge in [0.2, 0.25) is 5.91 Å². The van der Waals surface area contributed by atoms with Gasteiger partial charge in [-0.2, -0.15) is 0 Å². The van der Waals surface area contributed by atoms with E-state index in [9.17, 15) is 13.2 Å². The minimum Gasteiger partial charge on any atom is -0.497 e. The van der Waals surface area contributed by atoms with E-state index in [1.54, 1.807) is 35.2 Å². The van der Waals surface area contributed by atoms with Crippen LogP contribution in [0.2, 0.25) is 5.02 Å². The Morgan fingerprint density at radius 2 is 1.35 bits per heavy atom. The van der Waals surface area contributed by atoms with Gasteiger partial charge in [-0.25, -0.2) is 8.42 Å². The van der Waals surface area contributed by atoms with Crippen molar-refractivity contribution in [2.45, 2.75) is 18.0 Å². The van der Waals surface area contributed by atoms with Crippen molar-refractivity contribution in [1.82, 2.24) is 4.90 Å². The molecule has 0 N–H and O–H groups in total.